The molecule has 0 saturated heterocycles. The first-order chi connectivity index (χ1) is 6.81. The van der Waals surface area contributed by atoms with Crippen molar-refractivity contribution >= 4 is 17.6 Å². The number of anilines is 1. The van der Waals surface area contributed by atoms with E-state index in [2.05, 4.69) is 10.2 Å². The van der Waals surface area contributed by atoms with Gasteiger partial charge in [0.1, 0.15) is 5.03 Å². The van der Waals surface area contributed by atoms with Gasteiger partial charge in [-0.25, -0.2) is 0 Å². The van der Waals surface area contributed by atoms with E-state index in [4.69, 9.17) is 5.11 Å². The average molecular weight is 213 g/mol. The molecule has 0 radical (unpaired) electrons. The highest BCUT2D eigenvalue weighted by molar-refractivity contribution is 7.98. The normalized spacial score (nSPS) is 10.2. The van der Waals surface area contributed by atoms with Crippen LogP contribution in [0.4, 0.5) is 5.82 Å². The summed E-state index contributed by atoms with van der Waals surface area (Å²) in [6.45, 7) is 3.59. The molecule has 14 heavy (non-hydrogen) atoms. The van der Waals surface area contributed by atoms with E-state index in [0.717, 1.165) is 17.4 Å². The van der Waals surface area contributed by atoms with Crippen molar-refractivity contribution in [2.24, 2.45) is 0 Å². The highest BCUT2D eigenvalue weighted by atomic mass is 32.2. The standard InChI is InChI=1S/C9H15N3OS/c1-3-12(6-7-13)8-4-5-9(14-2)11-10-8/h4-5,13H,3,6-7H2,1-2H3. The summed E-state index contributed by atoms with van der Waals surface area (Å²) in [5, 5.41) is 17.9. The fraction of sp³-hybridized carbons (Fsp3) is 0.556. The number of aliphatic hydroxyl groups is 1. The SMILES string of the molecule is CCN(CCO)c1ccc(SC)nn1. The summed E-state index contributed by atoms with van der Waals surface area (Å²) in [7, 11) is 0. The Hall–Kier alpha value is -0.810. The summed E-state index contributed by atoms with van der Waals surface area (Å²) in [4.78, 5) is 1.98. The Labute approximate surface area is 88.3 Å². The monoisotopic (exact) mass is 213 g/mol. The van der Waals surface area contributed by atoms with Crippen molar-refractivity contribution in [1.82, 2.24) is 10.2 Å². The summed E-state index contributed by atoms with van der Waals surface area (Å²) in [6.07, 6.45) is 1.97. The fourth-order valence-corrected chi connectivity index (χ4v) is 1.47. The Kier molecular flexibility index (Phi) is 4.69. The molecule has 4 nitrogen and oxygen atoms in total. The predicted octanol–water partition coefficient (Wildman–Crippen LogP) is 1.02. The van der Waals surface area contributed by atoms with E-state index in [0.29, 0.717) is 6.54 Å². The first-order valence-electron chi connectivity index (χ1n) is 4.55. The molecule has 0 unspecified atom stereocenters. The molecule has 0 spiro atoms. The van der Waals surface area contributed by atoms with Gasteiger partial charge in [-0.2, -0.15) is 0 Å². The quantitative estimate of drug-likeness (QED) is 0.740. The van der Waals surface area contributed by atoms with E-state index >= 15 is 0 Å². The summed E-state index contributed by atoms with van der Waals surface area (Å²) in [5.74, 6) is 0.819. The van der Waals surface area contributed by atoms with Crippen LogP contribution >= 0.6 is 11.8 Å². The number of likely N-dealkylation sites (N-methyl/N-ethyl adjacent to an activating group) is 1. The van der Waals surface area contributed by atoms with E-state index in [1.165, 1.54) is 0 Å². The van der Waals surface area contributed by atoms with E-state index in [1.54, 1.807) is 11.8 Å². The molecular formula is C9H15N3OS. The second-order valence-electron chi connectivity index (χ2n) is 2.74. The third-order valence-electron chi connectivity index (χ3n) is 1.91. The molecule has 0 fully saturated rings. The molecule has 1 heterocycles. The van der Waals surface area contributed by atoms with Crippen LogP contribution in [0.25, 0.3) is 0 Å². The summed E-state index contributed by atoms with van der Waals surface area (Å²) in [6, 6.07) is 3.87. The molecule has 0 aliphatic heterocycles. The summed E-state index contributed by atoms with van der Waals surface area (Å²) < 4.78 is 0. The molecule has 1 N–H and O–H groups in total. The third-order valence-corrected chi connectivity index (χ3v) is 2.55. The number of nitrogens with zero attached hydrogens (tertiary/aromatic N) is 3. The second-order valence-corrected chi connectivity index (χ2v) is 3.56. The average Bonchev–Trinajstić information content (AvgIpc) is 2.26. The predicted molar refractivity (Wildman–Crippen MR) is 58.8 cm³/mol. The molecule has 0 bridgehead atoms. The molecule has 1 aromatic rings. The van der Waals surface area contributed by atoms with Crippen LogP contribution in [-0.2, 0) is 0 Å². The lowest BCUT2D eigenvalue weighted by molar-refractivity contribution is 0.302. The Morgan fingerprint density at radius 2 is 2.21 bits per heavy atom. The number of aliphatic hydroxyl groups excluding tert-OH is 1. The second kappa shape index (κ2) is 5.82. The zero-order valence-corrected chi connectivity index (χ0v) is 9.29. The van der Waals surface area contributed by atoms with Gasteiger partial charge >= 0.3 is 0 Å². The first-order valence-corrected chi connectivity index (χ1v) is 5.77. The summed E-state index contributed by atoms with van der Waals surface area (Å²) >= 11 is 1.57. The van der Waals surface area contributed by atoms with E-state index in [9.17, 15) is 0 Å². The molecule has 0 aliphatic carbocycles. The lowest BCUT2D eigenvalue weighted by Gasteiger charge is -2.19. The molecular weight excluding hydrogens is 198 g/mol. The maximum atomic E-state index is 8.84. The molecule has 5 heteroatoms. The molecule has 0 saturated carbocycles. The van der Waals surface area contributed by atoms with E-state index < -0.39 is 0 Å². The molecule has 0 aliphatic rings. The molecule has 78 valence electrons. The van der Waals surface area contributed by atoms with Crippen molar-refractivity contribution in [2.75, 3.05) is 30.9 Å². The van der Waals surface area contributed by atoms with Gasteiger partial charge in [0.2, 0.25) is 0 Å². The molecule has 0 amide bonds. The lowest BCUT2D eigenvalue weighted by Crippen LogP contribution is -2.27. The van der Waals surface area contributed by atoms with Crippen LogP contribution in [0.1, 0.15) is 6.92 Å². The number of aromatic nitrogens is 2. The number of hydrogen-bond donors (Lipinski definition) is 1. The summed E-state index contributed by atoms with van der Waals surface area (Å²) in [5.41, 5.74) is 0. The molecule has 1 rings (SSSR count). The van der Waals surface area contributed by atoms with Crippen molar-refractivity contribution in [2.45, 2.75) is 11.9 Å². The minimum absolute atomic E-state index is 0.139. The largest absolute Gasteiger partial charge is 0.395 e. The van der Waals surface area contributed by atoms with Crippen molar-refractivity contribution in [1.29, 1.82) is 0 Å². The zero-order chi connectivity index (χ0) is 10.4. The molecule has 0 atom stereocenters. The zero-order valence-electron chi connectivity index (χ0n) is 8.47. The van der Waals surface area contributed by atoms with Crippen molar-refractivity contribution in [3.63, 3.8) is 0 Å². The fourth-order valence-electron chi connectivity index (χ4n) is 1.15. The van der Waals surface area contributed by atoms with Gasteiger partial charge in [-0.1, -0.05) is 0 Å². The van der Waals surface area contributed by atoms with Crippen molar-refractivity contribution in [3.05, 3.63) is 12.1 Å². The Bertz CT molecular complexity index is 265. The van der Waals surface area contributed by atoms with Gasteiger partial charge in [0.15, 0.2) is 5.82 Å². The smallest absolute Gasteiger partial charge is 0.151 e. The maximum Gasteiger partial charge on any atom is 0.151 e. The molecule has 1 aromatic heterocycles. The Morgan fingerprint density at radius 1 is 1.43 bits per heavy atom. The minimum atomic E-state index is 0.139. The highest BCUT2D eigenvalue weighted by Gasteiger charge is 2.04. The Balaban J connectivity index is 2.73. The van der Waals surface area contributed by atoms with Crippen LogP contribution in [-0.4, -0.2) is 41.3 Å². The van der Waals surface area contributed by atoms with E-state index in [-0.39, 0.29) is 6.61 Å². The van der Waals surface area contributed by atoms with Crippen LogP contribution in [0.3, 0.4) is 0 Å². The van der Waals surface area contributed by atoms with Crippen LogP contribution in [0.2, 0.25) is 0 Å². The van der Waals surface area contributed by atoms with Gasteiger partial charge < -0.3 is 10.0 Å². The number of rotatable bonds is 5. The van der Waals surface area contributed by atoms with Gasteiger partial charge in [0, 0.05) is 13.1 Å². The van der Waals surface area contributed by atoms with E-state index in [1.807, 2.05) is 30.2 Å². The van der Waals surface area contributed by atoms with Crippen LogP contribution in [0.15, 0.2) is 17.2 Å². The first kappa shape index (κ1) is 11.3. The third kappa shape index (κ3) is 2.85. The minimum Gasteiger partial charge on any atom is -0.395 e. The van der Waals surface area contributed by atoms with Crippen LogP contribution in [0.5, 0.6) is 0 Å². The van der Waals surface area contributed by atoms with Gasteiger partial charge in [0.25, 0.3) is 0 Å². The van der Waals surface area contributed by atoms with Gasteiger partial charge in [-0.05, 0) is 25.3 Å². The van der Waals surface area contributed by atoms with Crippen LogP contribution in [0, 0.1) is 0 Å². The molecule has 0 aromatic carbocycles. The lowest BCUT2D eigenvalue weighted by atomic mass is 10.4. The van der Waals surface area contributed by atoms with Crippen LogP contribution < -0.4 is 4.90 Å². The van der Waals surface area contributed by atoms with Crippen molar-refractivity contribution in [3.8, 4) is 0 Å². The number of hydrogen-bond acceptors (Lipinski definition) is 5. The number of thioether (sulfide) groups is 1. The van der Waals surface area contributed by atoms with Gasteiger partial charge in [0.05, 0.1) is 6.61 Å². The van der Waals surface area contributed by atoms with Crippen molar-refractivity contribution < 1.29 is 5.11 Å². The highest BCUT2D eigenvalue weighted by Crippen LogP contribution is 2.14. The Morgan fingerprint density at radius 3 is 2.64 bits per heavy atom. The van der Waals surface area contributed by atoms with Gasteiger partial charge in [-0.3, -0.25) is 0 Å². The maximum absolute atomic E-state index is 8.84. The van der Waals surface area contributed by atoms with Gasteiger partial charge in [-0.15, -0.1) is 22.0 Å². The topological polar surface area (TPSA) is 49.2 Å².